The van der Waals surface area contributed by atoms with Gasteiger partial charge in [-0.1, -0.05) is 6.07 Å². The van der Waals surface area contributed by atoms with E-state index in [1.54, 1.807) is 0 Å². The SMILES string of the molecule is Cc1nc2c(C)cccn2c1C(=O)NCCCN1CCOCC1. The number of fused-ring (bicyclic) bond motifs is 1. The molecule has 124 valence electrons. The van der Waals surface area contributed by atoms with Crippen LogP contribution in [0.25, 0.3) is 5.65 Å². The molecule has 1 aliphatic rings. The lowest BCUT2D eigenvalue weighted by molar-refractivity contribution is 0.0374. The molecule has 23 heavy (non-hydrogen) atoms. The third-order valence-electron chi connectivity index (χ3n) is 4.27. The van der Waals surface area contributed by atoms with E-state index in [1.165, 1.54) is 0 Å². The summed E-state index contributed by atoms with van der Waals surface area (Å²) in [6.07, 6.45) is 2.84. The first-order valence-electron chi connectivity index (χ1n) is 8.19. The van der Waals surface area contributed by atoms with Crippen molar-refractivity contribution in [3.8, 4) is 0 Å². The molecule has 6 heteroatoms. The zero-order chi connectivity index (χ0) is 16.2. The first kappa shape index (κ1) is 16.0. The minimum absolute atomic E-state index is 0.0532. The van der Waals surface area contributed by atoms with Crippen molar-refractivity contribution in [2.45, 2.75) is 20.3 Å². The summed E-state index contributed by atoms with van der Waals surface area (Å²) in [7, 11) is 0. The maximum atomic E-state index is 12.5. The molecule has 1 fully saturated rings. The van der Waals surface area contributed by atoms with E-state index in [2.05, 4.69) is 15.2 Å². The lowest BCUT2D eigenvalue weighted by Gasteiger charge is -2.26. The number of aromatic nitrogens is 2. The predicted molar refractivity (Wildman–Crippen MR) is 88.9 cm³/mol. The Kier molecular flexibility index (Phi) is 4.93. The van der Waals surface area contributed by atoms with Gasteiger partial charge in [0.15, 0.2) is 0 Å². The normalized spacial score (nSPS) is 15.9. The predicted octanol–water partition coefficient (Wildman–Crippen LogP) is 1.40. The fourth-order valence-electron chi connectivity index (χ4n) is 3.00. The second kappa shape index (κ2) is 7.10. The van der Waals surface area contributed by atoms with Crippen LogP contribution in [-0.4, -0.2) is 59.6 Å². The highest BCUT2D eigenvalue weighted by atomic mass is 16.5. The van der Waals surface area contributed by atoms with Gasteiger partial charge in [0.25, 0.3) is 5.91 Å². The number of imidazole rings is 1. The van der Waals surface area contributed by atoms with Gasteiger partial charge in [0.1, 0.15) is 11.3 Å². The van der Waals surface area contributed by atoms with E-state index in [-0.39, 0.29) is 5.91 Å². The van der Waals surface area contributed by atoms with Crippen molar-refractivity contribution >= 4 is 11.6 Å². The van der Waals surface area contributed by atoms with Crippen LogP contribution in [0.2, 0.25) is 0 Å². The van der Waals surface area contributed by atoms with Crippen LogP contribution in [0.15, 0.2) is 18.3 Å². The van der Waals surface area contributed by atoms with E-state index < -0.39 is 0 Å². The minimum atomic E-state index is -0.0532. The lowest BCUT2D eigenvalue weighted by atomic mass is 10.3. The second-order valence-electron chi connectivity index (χ2n) is 5.99. The Labute approximate surface area is 136 Å². The van der Waals surface area contributed by atoms with Gasteiger partial charge in [0, 0.05) is 25.8 Å². The van der Waals surface area contributed by atoms with Gasteiger partial charge in [0.2, 0.25) is 0 Å². The average Bonchev–Trinajstić information content (AvgIpc) is 2.90. The molecule has 1 saturated heterocycles. The maximum Gasteiger partial charge on any atom is 0.270 e. The Morgan fingerprint density at radius 3 is 2.91 bits per heavy atom. The molecule has 2 aromatic rings. The van der Waals surface area contributed by atoms with Crippen molar-refractivity contribution in [1.82, 2.24) is 19.6 Å². The standard InChI is InChI=1S/C17H24N4O2/c1-13-5-3-8-21-15(14(2)19-16(13)21)17(22)18-6-4-7-20-9-11-23-12-10-20/h3,5,8H,4,6-7,9-12H2,1-2H3,(H,18,22). The van der Waals surface area contributed by atoms with E-state index in [9.17, 15) is 4.79 Å². The summed E-state index contributed by atoms with van der Waals surface area (Å²) in [5.74, 6) is -0.0532. The Hall–Kier alpha value is -1.92. The molecule has 3 rings (SSSR count). The van der Waals surface area contributed by atoms with Gasteiger partial charge in [-0.25, -0.2) is 4.98 Å². The van der Waals surface area contributed by atoms with Gasteiger partial charge < -0.3 is 10.1 Å². The van der Waals surface area contributed by atoms with Crippen molar-refractivity contribution in [1.29, 1.82) is 0 Å². The molecular weight excluding hydrogens is 292 g/mol. The molecule has 1 N–H and O–H groups in total. The van der Waals surface area contributed by atoms with Crippen LogP contribution in [0.4, 0.5) is 0 Å². The number of ether oxygens (including phenoxy) is 1. The number of hydrogen-bond acceptors (Lipinski definition) is 4. The number of hydrogen-bond donors (Lipinski definition) is 1. The molecule has 1 aliphatic heterocycles. The van der Waals surface area contributed by atoms with Gasteiger partial charge in [-0.15, -0.1) is 0 Å². The topological polar surface area (TPSA) is 58.9 Å². The number of nitrogens with zero attached hydrogens (tertiary/aromatic N) is 3. The van der Waals surface area contributed by atoms with E-state index in [0.717, 1.165) is 56.2 Å². The molecule has 0 bridgehead atoms. The van der Waals surface area contributed by atoms with E-state index in [1.807, 2.05) is 36.6 Å². The summed E-state index contributed by atoms with van der Waals surface area (Å²) < 4.78 is 7.21. The number of carbonyl (C=O) groups excluding carboxylic acids is 1. The highest BCUT2D eigenvalue weighted by Crippen LogP contribution is 2.15. The maximum absolute atomic E-state index is 12.5. The average molecular weight is 316 g/mol. The quantitative estimate of drug-likeness (QED) is 0.847. The van der Waals surface area contributed by atoms with Crippen molar-refractivity contribution < 1.29 is 9.53 Å². The first-order chi connectivity index (χ1) is 11.2. The van der Waals surface area contributed by atoms with E-state index in [0.29, 0.717) is 12.2 Å². The monoisotopic (exact) mass is 316 g/mol. The number of morpholine rings is 1. The summed E-state index contributed by atoms with van der Waals surface area (Å²) >= 11 is 0. The summed E-state index contributed by atoms with van der Waals surface area (Å²) in [6, 6.07) is 3.95. The molecule has 3 heterocycles. The van der Waals surface area contributed by atoms with Gasteiger partial charge in [-0.3, -0.25) is 14.1 Å². The molecule has 0 atom stereocenters. The van der Waals surface area contributed by atoms with E-state index in [4.69, 9.17) is 4.74 Å². The Morgan fingerprint density at radius 2 is 2.13 bits per heavy atom. The van der Waals surface area contributed by atoms with E-state index >= 15 is 0 Å². The summed E-state index contributed by atoms with van der Waals surface area (Å²) in [4.78, 5) is 19.4. The van der Waals surface area contributed by atoms with Crippen molar-refractivity contribution in [3.63, 3.8) is 0 Å². The van der Waals surface area contributed by atoms with Gasteiger partial charge in [0.05, 0.1) is 18.9 Å². The Balaban J connectivity index is 1.58. The summed E-state index contributed by atoms with van der Waals surface area (Å²) in [6.45, 7) is 9.16. The minimum Gasteiger partial charge on any atom is -0.379 e. The van der Waals surface area contributed by atoms with Gasteiger partial charge in [-0.05, 0) is 38.4 Å². The molecule has 6 nitrogen and oxygen atoms in total. The lowest BCUT2D eigenvalue weighted by Crippen LogP contribution is -2.38. The molecule has 0 aliphatic carbocycles. The number of nitrogens with one attached hydrogen (secondary N) is 1. The fraction of sp³-hybridized carbons (Fsp3) is 0.529. The smallest absolute Gasteiger partial charge is 0.270 e. The number of aryl methyl sites for hydroxylation is 2. The zero-order valence-corrected chi connectivity index (χ0v) is 13.8. The molecule has 2 aromatic heterocycles. The largest absolute Gasteiger partial charge is 0.379 e. The Morgan fingerprint density at radius 1 is 1.35 bits per heavy atom. The molecule has 0 radical (unpaired) electrons. The number of pyridine rings is 1. The highest BCUT2D eigenvalue weighted by Gasteiger charge is 2.17. The van der Waals surface area contributed by atoms with Crippen molar-refractivity contribution in [3.05, 3.63) is 35.3 Å². The highest BCUT2D eigenvalue weighted by molar-refractivity contribution is 5.94. The Bertz CT molecular complexity index is 689. The summed E-state index contributed by atoms with van der Waals surface area (Å²) in [5.41, 5.74) is 3.32. The van der Waals surface area contributed by atoms with Crippen molar-refractivity contribution in [2.24, 2.45) is 0 Å². The van der Waals surface area contributed by atoms with Crippen LogP contribution in [0.1, 0.15) is 28.2 Å². The van der Waals surface area contributed by atoms with Crippen LogP contribution in [-0.2, 0) is 4.74 Å². The van der Waals surface area contributed by atoms with Crippen LogP contribution in [0.3, 0.4) is 0 Å². The van der Waals surface area contributed by atoms with Crippen LogP contribution >= 0.6 is 0 Å². The van der Waals surface area contributed by atoms with Crippen LogP contribution < -0.4 is 5.32 Å². The third-order valence-corrected chi connectivity index (χ3v) is 4.27. The number of carbonyl (C=O) groups is 1. The van der Waals surface area contributed by atoms with Crippen molar-refractivity contribution in [2.75, 3.05) is 39.4 Å². The molecule has 1 amide bonds. The molecule has 0 spiro atoms. The molecule has 0 unspecified atom stereocenters. The second-order valence-corrected chi connectivity index (χ2v) is 5.99. The molecule has 0 saturated carbocycles. The molecule has 0 aromatic carbocycles. The van der Waals surface area contributed by atoms with Crippen LogP contribution in [0, 0.1) is 13.8 Å². The molecular formula is C17H24N4O2. The van der Waals surface area contributed by atoms with Gasteiger partial charge >= 0.3 is 0 Å². The first-order valence-corrected chi connectivity index (χ1v) is 8.19. The number of rotatable bonds is 5. The summed E-state index contributed by atoms with van der Waals surface area (Å²) in [5, 5.41) is 3.02. The zero-order valence-electron chi connectivity index (χ0n) is 13.8. The fourth-order valence-corrected chi connectivity index (χ4v) is 3.00. The van der Waals surface area contributed by atoms with Gasteiger partial charge in [-0.2, -0.15) is 0 Å². The van der Waals surface area contributed by atoms with Crippen LogP contribution in [0.5, 0.6) is 0 Å². The number of amides is 1. The third kappa shape index (κ3) is 3.54.